The van der Waals surface area contributed by atoms with Gasteiger partial charge in [0.2, 0.25) is 0 Å². The van der Waals surface area contributed by atoms with E-state index in [9.17, 15) is 0 Å². The Kier molecular flexibility index (Phi) is 6.69. The maximum absolute atomic E-state index is 5.38. The molecule has 0 N–H and O–H groups in total. The lowest BCUT2D eigenvalue weighted by Gasteiger charge is -2.13. The number of pyridine rings is 4. The van der Waals surface area contributed by atoms with Crippen molar-refractivity contribution in [3.63, 3.8) is 0 Å². The first-order valence-corrected chi connectivity index (χ1v) is 17.8. The molecule has 0 aliphatic carbocycles. The van der Waals surface area contributed by atoms with Crippen LogP contribution >= 0.6 is 0 Å². The smallest absolute Gasteiger partial charge is 0.145 e. The predicted molar refractivity (Wildman–Crippen MR) is 216 cm³/mol. The molecule has 54 heavy (non-hydrogen) atoms. The van der Waals surface area contributed by atoms with Crippen molar-refractivity contribution >= 4 is 54.9 Å². The largest absolute Gasteiger partial charge is 0.292 e. The highest BCUT2D eigenvalue weighted by molar-refractivity contribution is 6.21. The van der Waals surface area contributed by atoms with Crippen LogP contribution < -0.4 is 0 Å². The molecule has 0 fully saturated rings. The summed E-state index contributed by atoms with van der Waals surface area (Å²) in [6, 6.07) is 51.6. The SMILES string of the molecule is c1ccc(-c2nc3cccnc3c3nc(-c4ccc(-c5nc6c7cccnc7c7ncccc7c6n5-c5ccccc5)cc4)n(-c4ccccc4)c23)cc1. The fraction of sp³-hybridized carbons (Fsp3) is 0. The summed E-state index contributed by atoms with van der Waals surface area (Å²) in [6.07, 6.45) is 5.45. The third-order valence-corrected chi connectivity index (χ3v) is 10.0. The maximum Gasteiger partial charge on any atom is 0.145 e. The zero-order valence-corrected chi connectivity index (χ0v) is 28.7. The van der Waals surface area contributed by atoms with Crippen LogP contribution in [0.1, 0.15) is 0 Å². The molecule has 0 saturated heterocycles. The number of rotatable bonds is 5. The number of imidazole rings is 2. The Bertz CT molecular complexity index is 3190. The Balaban J connectivity index is 1.17. The molecule has 6 aromatic heterocycles. The van der Waals surface area contributed by atoms with Crippen LogP contribution in [-0.2, 0) is 0 Å². The molecule has 0 aliphatic heterocycles. The van der Waals surface area contributed by atoms with Crippen molar-refractivity contribution in [2.24, 2.45) is 0 Å². The zero-order chi connectivity index (χ0) is 35.6. The van der Waals surface area contributed by atoms with Gasteiger partial charge < -0.3 is 0 Å². The summed E-state index contributed by atoms with van der Waals surface area (Å²) in [6.45, 7) is 0. The topological polar surface area (TPSA) is 87.2 Å². The molecular formula is C46H28N8. The molecule has 8 nitrogen and oxygen atoms in total. The molecule has 0 unspecified atom stereocenters. The van der Waals surface area contributed by atoms with Gasteiger partial charge >= 0.3 is 0 Å². The first-order valence-electron chi connectivity index (χ1n) is 17.8. The second kappa shape index (κ2) is 12.0. The Morgan fingerprint density at radius 1 is 0.333 bits per heavy atom. The van der Waals surface area contributed by atoms with Gasteiger partial charge in [-0.1, -0.05) is 91.0 Å². The first-order chi connectivity index (χ1) is 26.8. The second-order valence-corrected chi connectivity index (χ2v) is 13.2. The van der Waals surface area contributed by atoms with Crippen LogP contribution in [-0.4, -0.2) is 39.0 Å². The summed E-state index contributed by atoms with van der Waals surface area (Å²) < 4.78 is 4.46. The highest BCUT2D eigenvalue weighted by Gasteiger charge is 2.24. The number of benzene rings is 5. The van der Waals surface area contributed by atoms with E-state index in [0.29, 0.717) is 0 Å². The molecule has 11 aromatic rings. The standard InChI is InChI=1S/C46H28N8/c1-4-13-29(14-5-1)37-44-42(41-36(50-37)21-12-28-49-41)52-46(54(44)33-17-8-3-9-18-33)31-24-22-30(23-25-31)45-51-40-34-19-10-26-47-38(34)39-35(20-11-27-48-39)43(40)53(45)32-15-6-2-7-16-32/h1-28H. The third-order valence-electron chi connectivity index (χ3n) is 10.0. The van der Waals surface area contributed by atoms with Crippen molar-refractivity contribution < 1.29 is 0 Å². The average Bonchev–Trinajstić information content (AvgIpc) is 3.86. The summed E-state index contributed by atoms with van der Waals surface area (Å²) in [4.78, 5) is 30.3. The molecule has 0 saturated carbocycles. The van der Waals surface area contributed by atoms with E-state index in [4.69, 9.17) is 29.9 Å². The van der Waals surface area contributed by atoms with Crippen LogP contribution in [0.5, 0.6) is 0 Å². The predicted octanol–water partition coefficient (Wildman–Crippen LogP) is 10.4. The van der Waals surface area contributed by atoms with Crippen molar-refractivity contribution in [3.8, 4) is 45.4 Å². The summed E-state index contributed by atoms with van der Waals surface area (Å²) >= 11 is 0. The lowest BCUT2D eigenvalue weighted by Crippen LogP contribution is -2.00. The van der Waals surface area contributed by atoms with E-state index in [1.54, 1.807) is 6.20 Å². The highest BCUT2D eigenvalue weighted by atomic mass is 15.1. The van der Waals surface area contributed by atoms with Crippen LogP contribution in [0.25, 0.3) is 100 Å². The Labute approximate surface area is 308 Å². The van der Waals surface area contributed by atoms with Crippen molar-refractivity contribution in [2.45, 2.75) is 0 Å². The molecule has 252 valence electrons. The zero-order valence-electron chi connectivity index (χ0n) is 28.7. The van der Waals surface area contributed by atoms with E-state index in [1.807, 2.05) is 67.0 Å². The highest BCUT2D eigenvalue weighted by Crippen LogP contribution is 2.40. The quantitative estimate of drug-likeness (QED) is 0.167. The molecule has 0 atom stereocenters. The van der Waals surface area contributed by atoms with E-state index in [-0.39, 0.29) is 0 Å². The molecule has 6 heterocycles. The number of aromatic nitrogens is 8. The number of para-hydroxylation sites is 2. The normalized spacial score (nSPS) is 11.7. The molecule has 11 rings (SSSR count). The maximum atomic E-state index is 5.38. The molecule has 0 spiro atoms. The molecule has 0 aliphatic rings. The molecule has 0 bridgehead atoms. The second-order valence-electron chi connectivity index (χ2n) is 13.2. The van der Waals surface area contributed by atoms with Gasteiger partial charge in [-0.25, -0.2) is 15.0 Å². The van der Waals surface area contributed by atoms with Gasteiger partial charge in [-0.15, -0.1) is 0 Å². The number of fused-ring (bicyclic) bond motifs is 9. The Morgan fingerprint density at radius 2 is 0.833 bits per heavy atom. The Hall–Kier alpha value is -7.58. The summed E-state index contributed by atoms with van der Waals surface area (Å²) in [5, 5.41) is 1.96. The van der Waals surface area contributed by atoms with E-state index < -0.39 is 0 Å². The monoisotopic (exact) mass is 692 g/mol. The van der Waals surface area contributed by atoms with Crippen molar-refractivity contribution in [1.82, 2.24) is 39.0 Å². The molecular weight excluding hydrogens is 665 g/mol. The van der Waals surface area contributed by atoms with Gasteiger partial charge in [0.05, 0.1) is 33.3 Å². The lowest BCUT2D eigenvalue weighted by molar-refractivity contribution is 1.09. The van der Waals surface area contributed by atoms with Crippen LogP contribution in [0, 0.1) is 0 Å². The van der Waals surface area contributed by atoms with Crippen molar-refractivity contribution in [3.05, 3.63) is 170 Å². The number of nitrogens with zero attached hydrogens (tertiary/aromatic N) is 8. The summed E-state index contributed by atoms with van der Waals surface area (Å²) in [7, 11) is 0. The number of hydrogen-bond donors (Lipinski definition) is 0. The van der Waals surface area contributed by atoms with Crippen LogP contribution in [0.2, 0.25) is 0 Å². The minimum absolute atomic E-state index is 0.764. The van der Waals surface area contributed by atoms with Gasteiger partial charge in [0.15, 0.2) is 0 Å². The molecule has 0 radical (unpaired) electrons. The van der Waals surface area contributed by atoms with Gasteiger partial charge in [0.1, 0.15) is 28.2 Å². The van der Waals surface area contributed by atoms with Gasteiger partial charge in [0.25, 0.3) is 0 Å². The fourth-order valence-electron chi connectivity index (χ4n) is 7.68. The van der Waals surface area contributed by atoms with E-state index in [0.717, 1.165) is 100 Å². The van der Waals surface area contributed by atoms with E-state index in [2.05, 4.69) is 106 Å². The summed E-state index contributed by atoms with van der Waals surface area (Å²) in [5.41, 5.74) is 12.6. The minimum atomic E-state index is 0.764. The van der Waals surface area contributed by atoms with E-state index >= 15 is 0 Å². The van der Waals surface area contributed by atoms with Gasteiger partial charge in [0, 0.05) is 57.4 Å². The summed E-state index contributed by atoms with van der Waals surface area (Å²) in [5.74, 6) is 1.62. The van der Waals surface area contributed by atoms with Crippen molar-refractivity contribution in [2.75, 3.05) is 0 Å². The lowest BCUT2D eigenvalue weighted by atomic mass is 10.1. The fourth-order valence-corrected chi connectivity index (χ4v) is 7.68. The number of hydrogen-bond acceptors (Lipinski definition) is 6. The van der Waals surface area contributed by atoms with Crippen LogP contribution in [0.15, 0.2) is 170 Å². The van der Waals surface area contributed by atoms with E-state index in [1.165, 1.54) is 0 Å². The third kappa shape index (κ3) is 4.57. The van der Waals surface area contributed by atoms with Crippen LogP contribution in [0.3, 0.4) is 0 Å². The van der Waals surface area contributed by atoms with Gasteiger partial charge in [-0.2, -0.15) is 0 Å². The molecule has 8 heteroatoms. The van der Waals surface area contributed by atoms with Crippen LogP contribution in [0.4, 0.5) is 0 Å². The van der Waals surface area contributed by atoms with Gasteiger partial charge in [-0.3, -0.25) is 24.1 Å². The molecule has 0 amide bonds. The van der Waals surface area contributed by atoms with Gasteiger partial charge in [-0.05, 0) is 60.7 Å². The Morgan fingerprint density at radius 3 is 1.46 bits per heavy atom. The average molecular weight is 693 g/mol. The molecule has 5 aromatic carbocycles. The minimum Gasteiger partial charge on any atom is -0.292 e. The first kappa shape index (κ1) is 30.1. The van der Waals surface area contributed by atoms with Crippen molar-refractivity contribution in [1.29, 1.82) is 0 Å².